The number of hydrogen-bond donors (Lipinski definition) is 1. The number of carbonyl (C=O) groups is 2. The molecule has 0 radical (unpaired) electrons. The van der Waals surface area contributed by atoms with Crippen LogP contribution in [0.15, 0.2) is 30.6 Å². The van der Waals surface area contributed by atoms with Gasteiger partial charge in [-0.1, -0.05) is 0 Å². The van der Waals surface area contributed by atoms with Crippen molar-refractivity contribution in [2.45, 2.75) is 25.8 Å². The van der Waals surface area contributed by atoms with Crippen molar-refractivity contribution in [1.82, 2.24) is 14.7 Å². The van der Waals surface area contributed by atoms with Gasteiger partial charge in [-0.15, -0.1) is 0 Å². The van der Waals surface area contributed by atoms with E-state index in [1.807, 2.05) is 6.20 Å². The molecule has 7 heteroatoms. The smallest absolute Gasteiger partial charge is 0.229 e. The number of hydrogen-bond acceptors (Lipinski definition) is 3. The van der Waals surface area contributed by atoms with Crippen molar-refractivity contribution in [3.05, 3.63) is 47.5 Å². The highest BCUT2D eigenvalue weighted by Crippen LogP contribution is 2.36. The minimum absolute atomic E-state index is 0.000460. The highest BCUT2D eigenvalue weighted by atomic mass is 19.1. The number of halogens is 1. The van der Waals surface area contributed by atoms with E-state index in [0.717, 1.165) is 11.1 Å². The third kappa shape index (κ3) is 3.55. The number of aryl methyl sites for hydroxylation is 2. The van der Waals surface area contributed by atoms with Gasteiger partial charge in [0.05, 0.1) is 18.2 Å². The summed E-state index contributed by atoms with van der Waals surface area (Å²) in [6.45, 7) is 1.77. The third-order valence-corrected chi connectivity index (χ3v) is 4.57. The van der Waals surface area contributed by atoms with Gasteiger partial charge in [0, 0.05) is 38.0 Å². The molecule has 1 N–H and O–H groups in total. The first-order chi connectivity index (χ1) is 11.8. The van der Waals surface area contributed by atoms with Crippen molar-refractivity contribution < 1.29 is 14.0 Å². The van der Waals surface area contributed by atoms with Crippen LogP contribution in [0.25, 0.3) is 0 Å². The van der Waals surface area contributed by atoms with Gasteiger partial charge in [0.15, 0.2) is 0 Å². The van der Waals surface area contributed by atoms with E-state index >= 15 is 0 Å². The van der Waals surface area contributed by atoms with Crippen LogP contribution in [0.3, 0.4) is 0 Å². The van der Waals surface area contributed by atoms with Gasteiger partial charge in [0.2, 0.25) is 11.8 Å². The number of nitrogens with one attached hydrogen (secondary N) is 1. The fourth-order valence-electron chi connectivity index (χ4n) is 3.40. The topological polar surface area (TPSA) is 67.2 Å². The molecule has 132 valence electrons. The number of likely N-dealkylation sites (tertiary alicyclic amines) is 1. The molecule has 1 fully saturated rings. The minimum atomic E-state index is -0.421. The molecule has 1 aliphatic rings. The molecule has 0 unspecified atom stereocenters. The van der Waals surface area contributed by atoms with Crippen molar-refractivity contribution in [2.75, 3.05) is 12.4 Å². The quantitative estimate of drug-likeness (QED) is 0.930. The van der Waals surface area contributed by atoms with Crippen molar-refractivity contribution in [3.63, 3.8) is 0 Å². The molecular weight excluding hydrogens is 323 g/mol. The monoisotopic (exact) mass is 344 g/mol. The molecule has 2 amide bonds. The first-order valence-corrected chi connectivity index (χ1v) is 8.17. The number of carbonyl (C=O) groups excluding carboxylic acids is 2. The van der Waals surface area contributed by atoms with Gasteiger partial charge in [0.25, 0.3) is 0 Å². The first-order valence-electron chi connectivity index (χ1n) is 8.17. The zero-order valence-corrected chi connectivity index (χ0v) is 14.5. The molecule has 0 aliphatic carbocycles. The maximum atomic E-state index is 13.6. The number of rotatable bonds is 3. The Morgan fingerprint density at radius 2 is 2.08 bits per heavy atom. The van der Waals surface area contributed by atoms with Crippen LogP contribution in [0.2, 0.25) is 0 Å². The normalized spacial score (nSPS) is 20.6. The molecule has 0 spiro atoms. The Kier molecular flexibility index (Phi) is 4.57. The van der Waals surface area contributed by atoms with E-state index in [-0.39, 0.29) is 17.9 Å². The van der Waals surface area contributed by atoms with Crippen LogP contribution in [-0.2, 0) is 16.6 Å². The van der Waals surface area contributed by atoms with Crippen molar-refractivity contribution in [1.29, 1.82) is 0 Å². The summed E-state index contributed by atoms with van der Waals surface area (Å²) in [5.41, 5.74) is 1.97. The fourth-order valence-corrected chi connectivity index (χ4v) is 3.40. The number of anilines is 1. The van der Waals surface area contributed by atoms with E-state index < -0.39 is 11.7 Å². The van der Waals surface area contributed by atoms with Crippen LogP contribution in [0.5, 0.6) is 0 Å². The van der Waals surface area contributed by atoms with Gasteiger partial charge in [0.1, 0.15) is 5.82 Å². The molecule has 2 aromatic rings. The second-order valence-corrected chi connectivity index (χ2v) is 6.55. The number of benzene rings is 1. The van der Waals surface area contributed by atoms with Gasteiger partial charge in [-0.2, -0.15) is 5.10 Å². The van der Waals surface area contributed by atoms with Crippen LogP contribution in [0, 0.1) is 18.7 Å². The van der Waals surface area contributed by atoms with Gasteiger partial charge < -0.3 is 10.2 Å². The third-order valence-electron chi connectivity index (χ3n) is 4.57. The Balaban J connectivity index is 1.87. The second kappa shape index (κ2) is 6.66. The van der Waals surface area contributed by atoms with E-state index in [4.69, 9.17) is 0 Å². The van der Waals surface area contributed by atoms with Crippen molar-refractivity contribution in [2.24, 2.45) is 13.0 Å². The van der Waals surface area contributed by atoms with Crippen LogP contribution in [0.4, 0.5) is 10.1 Å². The SMILES string of the molecule is Cc1cc(F)cc(NC(=O)[C@@H]2CCC(=O)N(C)[C@@H]2c2cnn(C)c2)c1. The molecule has 3 rings (SSSR count). The summed E-state index contributed by atoms with van der Waals surface area (Å²) in [6, 6.07) is 4.03. The number of piperidine rings is 1. The highest BCUT2D eigenvalue weighted by molar-refractivity contribution is 5.94. The molecule has 1 aromatic heterocycles. The standard InChI is InChI=1S/C18H21FN4O2/c1-11-6-13(19)8-14(7-11)21-18(25)15-4-5-16(24)23(3)17(15)12-9-20-22(2)10-12/h6-10,15,17H,4-5H2,1-3H3,(H,21,25)/t15-,17-/m1/s1. The Morgan fingerprint density at radius 3 is 2.72 bits per heavy atom. The van der Waals surface area contributed by atoms with Crippen molar-refractivity contribution in [3.8, 4) is 0 Å². The number of amides is 2. The maximum Gasteiger partial charge on any atom is 0.229 e. The zero-order valence-electron chi connectivity index (χ0n) is 14.5. The van der Waals surface area contributed by atoms with E-state index in [1.165, 1.54) is 12.1 Å². The lowest BCUT2D eigenvalue weighted by molar-refractivity contribution is -0.140. The highest BCUT2D eigenvalue weighted by Gasteiger charge is 2.39. The summed E-state index contributed by atoms with van der Waals surface area (Å²) in [6.07, 6.45) is 4.25. The van der Waals surface area contributed by atoms with Crippen molar-refractivity contribution >= 4 is 17.5 Å². The second-order valence-electron chi connectivity index (χ2n) is 6.55. The largest absolute Gasteiger partial charge is 0.338 e. The van der Waals surface area contributed by atoms with E-state index in [1.54, 1.807) is 42.9 Å². The Morgan fingerprint density at radius 1 is 1.32 bits per heavy atom. The summed E-state index contributed by atoms with van der Waals surface area (Å²) >= 11 is 0. The summed E-state index contributed by atoms with van der Waals surface area (Å²) in [7, 11) is 3.49. The molecule has 1 aromatic carbocycles. The predicted molar refractivity (Wildman–Crippen MR) is 91.2 cm³/mol. The van der Waals surface area contributed by atoms with E-state index in [0.29, 0.717) is 18.5 Å². The summed E-state index contributed by atoms with van der Waals surface area (Å²) in [4.78, 5) is 26.6. The lowest BCUT2D eigenvalue weighted by atomic mass is 9.85. The van der Waals surface area contributed by atoms with Gasteiger partial charge >= 0.3 is 0 Å². The van der Waals surface area contributed by atoms with Crippen LogP contribution < -0.4 is 5.32 Å². The molecule has 1 saturated heterocycles. The van der Waals surface area contributed by atoms with E-state index in [2.05, 4.69) is 10.4 Å². The molecule has 0 bridgehead atoms. The van der Waals surface area contributed by atoms with Gasteiger partial charge in [-0.25, -0.2) is 4.39 Å². The first kappa shape index (κ1) is 17.1. The molecule has 25 heavy (non-hydrogen) atoms. The lowest BCUT2D eigenvalue weighted by Crippen LogP contribution is -2.44. The average Bonchev–Trinajstić information content (AvgIpc) is 2.94. The summed E-state index contributed by atoms with van der Waals surface area (Å²) < 4.78 is 15.2. The molecule has 1 aliphatic heterocycles. The average molecular weight is 344 g/mol. The Hall–Kier alpha value is -2.70. The fraction of sp³-hybridized carbons (Fsp3) is 0.389. The lowest BCUT2D eigenvalue weighted by Gasteiger charge is -2.37. The Labute approximate surface area is 145 Å². The van der Waals surface area contributed by atoms with Gasteiger partial charge in [-0.3, -0.25) is 14.3 Å². The summed E-state index contributed by atoms with van der Waals surface area (Å²) in [5.74, 6) is -1.04. The Bertz CT molecular complexity index is 797. The molecular formula is C18H21FN4O2. The minimum Gasteiger partial charge on any atom is -0.338 e. The van der Waals surface area contributed by atoms with Crippen LogP contribution >= 0.6 is 0 Å². The van der Waals surface area contributed by atoms with Crippen LogP contribution in [-0.4, -0.2) is 33.5 Å². The van der Waals surface area contributed by atoms with Gasteiger partial charge in [-0.05, 0) is 37.1 Å². The number of aromatic nitrogens is 2. The van der Waals surface area contributed by atoms with Crippen LogP contribution in [0.1, 0.15) is 30.0 Å². The van der Waals surface area contributed by atoms with E-state index in [9.17, 15) is 14.0 Å². The molecule has 2 atom stereocenters. The maximum absolute atomic E-state index is 13.6. The predicted octanol–water partition coefficient (Wildman–Crippen LogP) is 2.42. The molecule has 6 nitrogen and oxygen atoms in total. The molecule has 0 saturated carbocycles. The number of nitrogens with zero attached hydrogens (tertiary/aromatic N) is 3. The molecule has 2 heterocycles. The summed E-state index contributed by atoms with van der Waals surface area (Å²) in [5, 5.41) is 6.94. The zero-order chi connectivity index (χ0) is 18.1.